The third-order valence-corrected chi connectivity index (χ3v) is 3.98. The van der Waals surface area contributed by atoms with Gasteiger partial charge in [0.1, 0.15) is 5.75 Å². The van der Waals surface area contributed by atoms with Gasteiger partial charge in [-0.1, -0.05) is 19.1 Å². The van der Waals surface area contributed by atoms with Crippen molar-refractivity contribution in [3.63, 3.8) is 0 Å². The molecule has 0 aromatic heterocycles. The van der Waals surface area contributed by atoms with E-state index in [2.05, 4.69) is 0 Å². The zero-order chi connectivity index (χ0) is 14.5. The number of nitrogens with zero attached hydrogens (tertiary/aromatic N) is 1. The molecule has 2 unspecified atom stereocenters. The molecule has 1 fully saturated rings. The van der Waals surface area contributed by atoms with Gasteiger partial charge in [-0.25, -0.2) is 0 Å². The SMILES string of the molecule is COc1ccc(CC(C)C(=O)N2CCC(CO)C2)cc1. The number of likely N-dealkylation sites (tertiary alicyclic amines) is 1. The Bertz CT molecular complexity index is 444. The van der Waals surface area contributed by atoms with Gasteiger partial charge in [0.15, 0.2) is 0 Å². The summed E-state index contributed by atoms with van der Waals surface area (Å²) in [5.74, 6) is 1.25. The van der Waals surface area contributed by atoms with Crippen LogP contribution in [0.4, 0.5) is 0 Å². The van der Waals surface area contributed by atoms with Crippen molar-refractivity contribution >= 4 is 5.91 Å². The Morgan fingerprint density at radius 1 is 1.45 bits per heavy atom. The number of carbonyl (C=O) groups is 1. The van der Waals surface area contributed by atoms with E-state index in [0.717, 1.165) is 30.7 Å². The molecule has 2 atom stereocenters. The second kappa shape index (κ2) is 6.75. The van der Waals surface area contributed by atoms with E-state index in [-0.39, 0.29) is 24.3 Å². The summed E-state index contributed by atoms with van der Waals surface area (Å²) in [5, 5.41) is 9.14. The third kappa shape index (κ3) is 3.51. The third-order valence-electron chi connectivity index (χ3n) is 3.98. The molecule has 1 saturated heterocycles. The van der Waals surface area contributed by atoms with Gasteiger partial charge in [-0.15, -0.1) is 0 Å². The Morgan fingerprint density at radius 3 is 2.70 bits per heavy atom. The number of carbonyl (C=O) groups excluding carboxylic acids is 1. The van der Waals surface area contributed by atoms with E-state index in [0.29, 0.717) is 6.54 Å². The number of hydrogen-bond acceptors (Lipinski definition) is 3. The molecule has 4 heteroatoms. The average Bonchev–Trinajstić information content (AvgIpc) is 2.96. The van der Waals surface area contributed by atoms with Crippen molar-refractivity contribution in [3.05, 3.63) is 29.8 Å². The first-order valence-electron chi connectivity index (χ1n) is 7.16. The fourth-order valence-corrected chi connectivity index (χ4v) is 2.70. The highest BCUT2D eigenvalue weighted by Crippen LogP contribution is 2.20. The Morgan fingerprint density at radius 2 is 2.15 bits per heavy atom. The minimum absolute atomic E-state index is 0.0270. The number of amides is 1. The van der Waals surface area contributed by atoms with E-state index >= 15 is 0 Å². The Labute approximate surface area is 120 Å². The molecule has 2 rings (SSSR count). The normalized spacial score (nSPS) is 19.9. The summed E-state index contributed by atoms with van der Waals surface area (Å²) in [6.07, 6.45) is 1.65. The fraction of sp³-hybridized carbons (Fsp3) is 0.562. The van der Waals surface area contributed by atoms with Gasteiger partial charge in [-0.2, -0.15) is 0 Å². The molecule has 1 N–H and O–H groups in total. The van der Waals surface area contributed by atoms with Gasteiger partial charge >= 0.3 is 0 Å². The predicted octanol–water partition coefficient (Wildman–Crippen LogP) is 1.71. The van der Waals surface area contributed by atoms with Crippen molar-refractivity contribution in [2.45, 2.75) is 19.8 Å². The van der Waals surface area contributed by atoms with Gasteiger partial charge in [0.05, 0.1) is 7.11 Å². The molecular weight excluding hydrogens is 254 g/mol. The van der Waals surface area contributed by atoms with Crippen LogP contribution in [0.2, 0.25) is 0 Å². The smallest absolute Gasteiger partial charge is 0.225 e. The maximum atomic E-state index is 12.4. The minimum atomic E-state index is -0.0270. The van der Waals surface area contributed by atoms with Crippen LogP contribution in [-0.2, 0) is 11.2 Å². The standard InChI is InChI=1S/C16H23NO3/c1-12(9-13-3-5-15(20-2)6-4-13)16(19)17-8-7-14(10-17)11-18/h3-6,12,14,18H,7-11H2,1-2H3. The number of methoxy groups -OCH3 is 1. The highest BCUT2D eigenvalue weighted by molar-refractivity contribution is 5.79. The van der Waals surface area contributed by atoms with E-state index in [1.54, 1.807) is 7.11 Å². The van der Waals surface area contributed by atoms with Crippen LogP contribution in [0.25, 0.3) is 0 Å². The van der Waals surface area contributed by atoms with E-state index in [9.17, 15) is 4.79 Å². The van der Waals surface area contributed by atoms with Gasteiger partial charge in [0.25, 0.3) is 0 Å². The topological polar surface area (TPSA) is 49.8 Å². The highest BCUT2D eigenvalue weighted by Gasteiger charge is 2.28. The van der Waals surface area contributed by atoms with Crippen molar-refractivity contribution in [2.24, 2.45) is 11.8 Å². The van der Waals surface area contributed by atoms with Crippen molar-refractivity contribution < 1.29 is 14.6 Å². The molecule has 1 aliphatic rings. The van der Waals surface area contributed by atoms with Crippen molar-refractivity contribution in [1.82, 2.24) is 4.90 Å². The van der Waals surface area contributed by atoms with Crippen LogP contribution in [0.1, 0.15) is 18.9 Å². The summed E-state index contributed by atoms with van der Waals surface area (Å²) in [6, 6.07) is 7.85. The number of benzene rings is 1. The second-order valence-electron chi connectivity index (χ2n) is 5.57. The molecule has 0 bridgehead atoms. The van der Waals surface area contributed by atoms with Crippen LogP contribution in [-0.4, -0.2) is 42.7 Å². The Kier molecular flexibility index (Phi) is 5.01. The molecule has 1 heterocycles. The van der Waals surface area contributed by atoms with Crippen LogP contribution < -0.4 is 4.74 Å². The van der Waals surface area contributed by atoms with E-state index < -0.39 is 0 Å². The molecule has 1 aromatic carbocycles. The van der Waals surface area contributed by atoms with Crippen molar-refractivity contribution in [1.29, 1.82) is 0 Å². The summed E-state index contributed by atoms with van der Waals surface area (Å²) < 4.78 is 5.13. The van der Waals surface area contributed by atoms with Gasteiger partial charge in [0, 0.05) is 31.5 Å². The van der Waals surface area contributed by atoms with Crippen LogP contribution in [0.15, 0.2) is 24.3 Å². The van der Waals surface area contributed by atoms with Gasteiger partial charge < -0.3 is 14.7 Å². The summed E-state index contributed by atoms with van der Waals surface area (Å²) >= 11 is 0. The number of ether oxygens (including phenoxy) is 1. The van der Waals surface area contributed by atoms with Crippen LogP contribution >= 0.6 is 0 Å². The zero-order valence-electron chi connectivity index (χ0n) is 12.2. The largest absolute Gasteiger partial charge is 0.497 e. The summed E-state index contributed by atoms with van der Waals surface area (Å²) in [6.45, 7) is 3.62. The molecular formula is C16H23NO3. The molecule has 0 saturated carbocycles. The molecule has 1 aliphatic heterocycles. The average molecular weight is 277 g/mol. The fourth-order valence-electron chi connectivity index (χ4n) is 2.70. The number of hydrogen-bond donors (Lipinski definition) is 1. The molecule has 110 valence electrons. The molecule has 20 heavy (non-hydrogen) atoms. The first kappa shape index (κ1) is 14.9. The zero-order valence-corrected chi connectivity index (χ0v) is 12.2. The van der Waals surface area contributed by atoms with Crippen molar-refractivity contribution in [3.8, 4) is 5.75 Å². The van der Waals surface area contributed by atoms with E-state index in [1.165, 1.54) is 0 Å². The van der Waals surface area contributed by atoms with Crippen molar-refractivity contribution in [2.75, 3.05) is 26.8 Å². The molecule has 0 radical (unpaired) electrons. The first-order valence-corrected chi connectivity index (χ1v) is 7.16. The summed E-state index contributed by atoms with van der Waals surface area (Å²) in [5.41, 5.74) is 1.14. The van der Waals surface area contributed by atoms with Gasteiger partial charge in [-0.05, 0) is 30.5 Å². The molecule has 1 amide bonds. The lowest BCUT2D eigenvalue weighted by molar-refractivity contribution is -0.134. The predicted molar refractivity (Wildman–Crippen MR) is 77.6 cm³/mol. The highest BCUT2D eigenvalue weighted by atomic mass is 16.5. The quantitative estimate of drug-likeness (QED) is 0.891. The molecule has 0 aliphatic carbocycles. The number of rotatable bonds is 5. The molecule has 0 spiro atoms. The molecule has 1 aromatic rings. The number of aliphatic hydroxyl groups excluding tert-OH is 1. The van der Waals surface area contributed by atoms with E-state index in [4.69, 9.17) is 9.84 Å². The first-order chi connectivity index (χ1) is 9.63. The Hall–Kier alpha value is -1.55. The number of aliphatic hydroxyl groups is 1. The molecule has 4 nitrogen and oxygen atoms in total. The maximum absolute atomic E-state index is 12.4. The maximum Gasteiger partial charge on any atom is 0.225 e. The second-order valence-corrected chi connectivity index (χ2v) is 5.57. The van der Waals surface area contributed by atoms with E-state index in [1.807, 2.05) is 36.1 Å². The van der Waals surface area contributed by atoms with Crippen LogP contribution in [0, 0.1) is 11.8 Å². The summed E-state index contributed by atoms with van der Waals surface area (Å²) in [4.78, 5) is 14.2. The Balaban J connectivity index is 1.90. The van der Waals surface area contributed by atoms with Gasteiger partial charge in [0.2, 0.25) is 5.91 Å². The van der Waals surface area contributed by atoms with Crippen LogP contribution in [0.3, 0.4) is 0 Å². The van der Waals surface area contributed by atoms with Crippen LogP contribution in [0.5, 0.6) is 5.75 Å². The lowest BCUT2D eigenvalue weighted by atomic mass is 10.00. The summed E-state index contributed by atoms with van der Waals surface area (Å²) in [7, 11) is 1.64. The lowest BCUT2D eigenvalue weighted by Gasteiger charge is -2.21. The lowest BCUT2D eigenvalue weighted by Crippen LogP contribution is -2.34. The van der Waals surface area contributed by atoms with Gasteiger partial charge in [-0.3, -0.25) is 4.79 Å². The monoisotopic (exact) mass is 277 g/mol. The minimum Gasteiger partial charge on any atom is -0.497 e.